The minimum atomic E-state index is -0.967. The van der Waals surface area contributed by atoms with Gasteiger partial charge in [0.05, 0.1) is 5.92 Å². The third-order valence-electron chi connectivity index (χ3n) is 4.54. The average molecular weight is 252 g/mol. The van der Waals surface area contributed by atoms with E-state index in [-0.39, 0.29) is 11.8 Å². The summed E-state index contributed by atoms with van der Waals surface area (Å²) < 4.78 is 0. The van der Waals surface area contributed by atoms with Crippen LogP contribution in [-0.2, 0) is 9.59 Å². The minimum absolute atomic E-state index is 0.248. The lowest BCUT2D eigenvalue weighted by molar-refractivity contribution is -0.139. The first-order chi connectivity index (χ1) is 8.53. The standard InChI is InChI=1S/C12H16N2O4/c15-9(16)7-4-8(7)12(5-6-2-1-3-6)10(17)13-11(18)14-12/h6-8H,1-5H2,(H,15,16)(H2,13,14,17,18). The molecule has 0 spiro atoms. The van der Waals surface area contributed by atoms with Crippen molar-refractivity contribution in [1.82, 2.24) is 10.6 Å². The van der Waals surface area contributed by atoms with Crippen LogP contribution in [0.5, 0.6) is 0 Å². The largest absolute Gasteiger partial charge is 0.481 e. The highest BCUT2D eigenvalue weighted by molar-refractivity contribution is 6.07. The number of urea groups is 1. The molecule has 18 heavy (non-hydrogen) atoms. The zero-order chi connectivity index (χ0) is 12.9. The first-order valence-corrected chi connectivity index (χ1v) is 6.39. The topological polar surface area (TPSA) is 95.5 Å². The van der Waals surface area contributed by atoms with Crippen molar-refractivity contribution >= 4 is 17.9 Å². The smallest absolute Gasteiger partial charge is 0.322 e. The number of amides is 3. The van der Waals surface area contributed by atoms with Gasteiger partial charge in [0.15, 0.2) is 0 Å². The Balaban J connectivity index is 1.82. The number of hydrogen-bond donors (Lipinski definition) is 3. The Hall–Kier alpha value is -1.59. The molecule has 3 N–H and O–H groups in total. The Morgan fingerprint density at radius 1 is 1.39 bits per heavy atom. The molecular weight excluding hydrogens is 236 g/mol. The third-order valence-corrected chi connectivity index (χ3v) is 4.54. The van der Waals surface area contributed by atoms with Crippen LogP contribution in [0.25, 0.3) is 0 Å². The van der Waals surface area contributed by atoms with Gasteiger partial charge in [0.2, 0.25) is 0 Å². The molecular formula is C12H16N2O4. The fourth-order valence-corrected chi connectivity index (χ4v) is 3.23. The van der Waals surface area contributed by atoms with Crippen molar-refractivity contribution in [3.63, 3.8) is 0 Å². The SMILES string of the molecule is O=C1NC(=O)C(CC2CCC2)(C2CC2C(=O)O)N1. The lowest BCUT2D eigenvalue weighted by Gasteiger charge is -2.35. The second kappa shape index (κ2) is 3.70. The first-order valence-electron chi connectivity index (χ1n) is 6.39. The lowest BCUT2D eigenvalue weighted by Crippen LogP contribution is -2.51. The minimum Gasteiger partial charge on any atom is -0.481 e. The van der Waals surface area contributed by atoms with Gasteiger partial charge >= 0.3 is 12.0 Å². The summed E-state index contributed by atoms with van der Waals surface area (Å²) in [6.45, 7) is 0. The van der Waals surface area contributed by atoms with Crippen LogP contribution in [0.3, 0.4) is 0 Å². The summed E-state index contributed by atoms with van der Waals surface area (Å²) in [5.74, 6) is -1.52. The van der Waals surface area contributed by atoms with E-state index in [9.17, 15) is 14.4 Å². The summed E-state index contributed by atoms with van der Waals surface area (Å²) >= 11 is 0. The molecule has 1 aliphatic heterocycles. The number of rotatable bonds is 4. The molecule has 6 nitrogen and oxygen atoms in total. The van der Waals surface area contributed by atoms with Gasteiger partial charge in [-0.1, -0.05) is 19.3 Å². The monoisotopic (exact) mass is 252 g/mol. The van der Waals surface area contributed by atoms with Crippen LogP contribution in [0.4, 0.5) is 4.79 Å². The van der Waals surface area contributed by atoms with Crippen LogP contribution in [0.2, 0.25) is 0 Å². The molecule has 0 aromatic carbocycles. The maximum Gasteiger partial charge on any atom is 0.322 e. The molecule has 2 saturated carbocycles. The van der Waals surface area contributed by atoms with Crippen LogP contribution in [0, 0.1) is 17.8 Å². The van der Waals surface area contributed by atoms with E-state index < -0.39 is 23.5 Å². The van der Waals surface area contributed by atoms with Crippen molar-refractivity contribution in [2.24, 2.45) is 17.8 Å². The number of carbonyl (C=O) groups is 3. The Morgan fingerprint density at radius 3 is 2.50 bits per heavy atom. The van der Waals surface area contributed by atoms with E-state index in [0.29, 0.717) is 18.8 Å². The first kappa shape index (κ1) is 11.5. The summed E-state index contributed by atoms with van der Waals surface area (Å²) in [4.78, 5) is 34.4. The quantitative estimate of drug-likeness (QED) is 0.634. The van der Waals surface area contributed by atoms with Crippen molar-refractivity contribution in [3.8, 4) is 0 Å². The van der Waals surface area contributed by atoms with Crippen molar-refractivity contribution < 1.29 is 19.5 Å². The summed E-state index contributed by atoms with van der Waals surface area (Å²) in [6.07, 6.45) is 4.35. The summed E-state index contributed by atoms with van der Waals surface area (Å²) in [5.41, 5.74) is -0.967. The number of hydrogen-bond acceptors (Lipinski definition) is 3. The van der Waals surface area contributed by atoms with Crippen LogP contribution >= 0.6 is 0 Å². The van der Waals surface area contributed by atoms with E-state index in [1.807, 2.05) is 0 Å². The molecule has 0 aromatic rings. The number of carboxylic acids is 1. The highest BCUT2D eigenvalue weighted by atomic mass is 16.4. The van der Waals surface area contributed by atoms with Crippen LogP contribution in [-0.4, -0.2) is 28.6 Å². The Bertz CT molecular complexity index is 432. The Morgan fingerprint density at radius 2 is 2.11 bits per heavy atom. The molecule has 3 amide bonds. The normalized spacial score (nSPS) is 38.9. The zero-order valence-corrected chi connectivity index (χ0v) is 9.94. The van der Waals surface area contributed by atoms with E-state index >= 15 is 0 Å². The Labute approximate surface area is 104 Å². The van der Waals surface area contributed by atoms with Crippen molar-refractivity contribution in [2.45, 2.75) is 37.6 Å². The number of aliphatic carboxylic acids is 1. The highest BCUT2D eigenvalue weighted by Gasteiger charge is 2.63. The summed E-state index contributed by atoms with van der Waals surface area (Å²) in [5, 5.41) is 14.0. The van der Waals surface area contributed by atoms with Crippen LogP contribution < -0.4 is 10.6 Å². The second-order valence-electron chi connectivity index (χ2n) is 5.67. The van der Waals surface area contributed by atoms with Gasteiger partial charge in [-0.25, -0.2) is 4.79 Å². The number of nitrogens with one attached hydrogen (secondary N) is 2. The highest BCUT2D eigenvalue weighted by Crippen LogP contribution is 2.51. The van der Waals surface area contributed by atoms with Gasteiger partial charge in [-0.05, 0) is 18.8 Å². The molecule has 6 heteroatoms. The number of carboxylic acid groups (broad SMARTS) is 1. The fraction of sp³-hybridized carbons (Fsp3) is 0.750. The zero-order valence-electron chi connectivity index (χ0n) is 9.94. The van der Waals surface area contributed by atoms with Gasteiger partial charge in [0.25, 0.3) is 5.91 Å². The van der Waals surface area contributed by atoms with Gasteiger partial charge in [0, 0.05) is 5.92 Å². The summed E-state index contributed by atoms with van der Waals surface area (Å²) in [7, 11) is 0. The molecule has 1 saturated heterocycles. The molecule has 98 valence electrons. The van der Waals surface area contributed by atoms with E-state index in [4.69, 9.17) is 5.11 Å². The number of carbonyl (C=O) groups excluding carboxylic acids is 2. The molecule has 3 aliphatic rings. The van der Waals surface area contributed by atoms with Gasteiger partial charge in [-0.15, -0.1) is 0 Å². The molecule has 3 rings (SSSR count). The maximum absolute atomic E-state index is 12.0. The van der Waals surface area contributed by atoms with Crippen molar-refractivity contribution in [3.05, 3.63) is 0 Å². The van der Waals surface area contributed by atoms with Gasteiger partial charge < -0.3 is 10.4 Å². The fourth-order valence-electron chi connectivity index (χ4n) is 3.23. The average Bonchev–Trinajstić information content (AvgIpc) is 2.96. The maximum atomic E-state index is 12.0. The predicted octanol–water partition coefficient (Wildman–Crippen LogP) is 0.476. The van der Waals surface area contributed by atoms with Crippen molar-refractivity contribution in [1.29, 1.82) is 0 Å². The summed E-state index contributed by atoms with van der Waals surface area (Å²) in [6, 6.07) is -0.490. The van der Waals surface area contributed by atoms with E-state index in [1.165, 1.54) is 0 Å². The van der Waals surface area contributed by atoms with E-state index in [1.54, 1.807) is 0 Å². The van der Waals surface area contributed by atoms with Gasteiger partial charge in [-0.2, -0.15) is 0 Å². The molecule has 0 radical (unpaired) electrons. The van der Waals surface area contributed by atoms with E-state index in [0.717, 1.165) is 19.3 Å². The molecule has 2 aliphatic carbocycles. The number of imide groups is 1. The molecule has 1 heterocycles. The molecule has 3 atom stereocenters. The molecule has 3 unspecified atom stereocenters. The van der Waals surface area contributed by atoms with Crippen molar-refractivity contribution in [2.75, 3.05) is 0 Å². The lowest BCUT2D eigenvalue weighted by atomic mass is 9.73. The van der Waals surface area contributed by atoms with Gasteiger partial charge in [-0.3, -0.25) is 14.9 Å². The van der Waals surface area contributed by atoms with Crippen LogP contribution in [0.1, 0.15) is 32.1 Å². The van der Waals surface area contributed by atoms with Crippen LogP contribution in [0.15, 0.2) is 0 Å². The van der Waals surface area contributed by atoms with Gasteiger partial charge in [0.1, 0.15) is 5.54 Å². The Kier molecular flexibility index (Phi) is 2.36. The molecule has 0 bridgehead atoms. The molecule has 3 fully saturated rings. The molecule has 0 aromatic heterocycles. The second-order valence-corrected chi connectivity index (χ2v) is 5.67. The predicted molar refractivity (Wildman–Crippen MR) is 60.6 cm³/mol. The third kappa shape index (κ3) is 1.59. The van der Waals surface area contributed by atoms with E-state index in [2.05, 4.69) is 10.6 Å².